The fourth-order valence-corrected chi connectivity index (χ4v) is 3.27. The Morgan fingerprint density at radius 1 is 1.38 bits per heavy atom. The summed E-state index contributed by atoms with van der Waals surface area (Å²) >= 11 is 6.43. The number of benzene rings is 1. The van der Waals surface area contributed by atoms with Gasteiger partial charge in [-0.1, -0.05) is 31.5 Å². The smallest absolute Gasteiger partial charge is 0.0587 e. The van der Waals surface area contributed by atoms with E-state index in [4.69, 9.17) is 16.3 Å². The van der Waals surface area contributed by atoms with Crippen molar-refractivity contribution < 1.29 is 4.74 Å². The van der Waals surface area contributed by atoms with E-state index < -0.39 is 0 Å². The molecule has 0 radical (unpaired) electrons. The predicted molar refractivity (Wildman–Crippen MR) is 90.3 cm³/mol. The maximum absolute atomic E-state index is 6.43. The zero-order valence-electron chi connectivity index (χ0n) is 13.4. The van der Waals surface area contributed by atoms with E-state index in [9.17, 15) is 0 Å². The van der Waals surface area contributed by atoms with Crippen molar-refractivity contribution in [2.45, 2.75) is 33.2 Å². The Balaban J connectivity index is 2.12. The summed E-state index contributed by atoms with van der Waals surface area (Å²) in [5.74, 6) is 0. The van der Waals surface area contributed by atoms with Gasteiger partial charge < -0.3 is 15.0 Å². The van der Waals surface area contributed by atoms with Gasteiger partial charge in [-0.3, -0.25) is 0 Å². The molecule has 4 heteroatoms. The average Bonchev–Trinajstić information content (AvgIpc) is 2.43. The van der Waals surface area contributed by atoms with Crippen molar-refractivity contribution in [1.82, 2.24) is 5.32 Å². The van der Waals surface area contributed by atoms with E-state index >= 15 is 0 Å². The minimum absolute atomic E-state index is 0.376. The molecular weight excluding hydrogens is 284 g/mol. The summed E-state index contributed by atoms with van der Waals surface area (Å²) in [5.41, 5.74) is 2.86. The van der Waals surface area contributed by atoms with Gasteiger partial charge in [-0.15, -0.1) is 0 Å². The summed E-state index contributed by atoms with van der Waals surface area (Å²) < 4.78 is 5.08. The average molecular weight is 311 g/mol. The number of hydrogen-bond donors (Lipinski definition) is 1. The molecule has 1 heterocycles. The van der Waals surface area contributed by atoms with Gasteiger partial charge in [0.2, 0.25) is 0 Å². The Kier molecular flexibility index (Phi) is 5.91. The van der Waals surface area contributed by atoms with Crippen molar-refractivity contribution in [3.05, 3.63) is 28.8 Å². The Labute approximate surface area is 133 Å². The minimum Gasteiger partial charge on any atom is -0.383 e. The molecule has 0 unspecified atom stereocenters. The lowest BCUT2D eigenvalue weighted by molar-refractivity contribution is 0.199. The van der Waals surface area contributed by atoms with Crippen LogP contribution < -0.4 is 10.2 Å². The number of rotatable bonds is 6. The van der Waals surface area contributed by atoms with Gasteiger partial charge in [-0.2, -0.15) is 0 Å². The molecule has 0 amide bonds. The molecule has 3 nitrogen and oxygen atoms in total. The predicted octanol–water partition coefficient (Wildman–Crippen LogP) is 3.70. The van der Waals surface area contributed by atoms with Crippen molar-refractivity contribution in [3.8, 4) is 0 Å². The van der Waals surface area contributed by atoms with Crippen LogP contribution >= 0.6 is 11.6 Å². The van der Waals surface area contributed by atoms with Gasteiger partial charge in [0, 0.05) is 49.6 Å². The topological polar surface area (TPSA) is 24.5 Å². The SMILES string of the molecule is COCCNCc1c(Cl)cccc1N1CCCC(C)(C)C1. The number of ether oxygens (including phenoxy) is 1. The number of nitrogens with one attached hydrogen (secondary N) is 1. The second kappa shape index (κ2) is 7.48. The summed E-state index contributed by atoms with van der Waals surface area (Å²) in [6.07, 6.45) is 2.54. The molecule has 1 aromatic carbocycles. The van der Waals surface area contributed by atoms with Crippen LogP contribution in [-0.2, 0) is 11.3 Å². The molecule has 0 saturated carbocycles. The fourth-order valence-electron chi connectivity index (χ4n) is 3.04. The molecule has 0 atom stereocenters. The highest BCUT2D eigenvalue weighted by atomic mass is 35.5. The summed E-state index contributed by atoms with van der Waals surface area (Å²) in [6, 6.07) is 6.23. The molecule has 1 aliphatic heterocycles. The first-order valence-electron chi connectivity index (χ1n) is 7.75. The monoisotopic (exact) mass is 310 g/mol. The molecule has 2 rings (SSSR count). The third kappa shape index (κ3) is 4.60. The second-order valence-corrected chi connectivity index (χ2v) is 7.00. The second-order valence-electron chi connectivity index (χ2n) is 6.60. The zero-order chi connectivity index (χ0) is 15.3. The van der Waals surface area contributed by atoms with E-state index in [2.05, 4.69) is 36.2 Å². The number of halogens is 1. The lowest BCUT2D eigenvalue weighted by Crippen LogP contribution is -2.40. The van der Waals surface area contributed by atoms with Gasteiger partial charge in [-0.05, 0) is 30.4 Å². The summed E-state index contributed by atoms with van der Waals surface area (Å²) in [7, 11) is 1.72. The maximum Gasteiger partial charge on any atom is 0.0587 e. The molecule has 1 aliphatic rings. The third-order valence-electron chi connectivity index (χ3n) is 4.12. The molecule has 0 spiro atoms. The Bertz CT molecular complexity index is 462. The first-order chi connectivity index (χ1) is 10.0. The summed E-state index contributed by atoms with van der Waals surface area (Å²) in [4.78, 5) is 2.49. The molecule has 0 aromatic heterocycles. The van der Waals surface area contributed by atoms with E-state index in [1.165, 1.54) is 24.1 Å². The first kappa shape index (κ1) is 16.6. The van der Waals surface area contributed by atoms with Crippen LogP contribution in [0.1, 0.15) is 32.3 Å². The van der Waals surface area contributed by atoms with E-state index in [1.807, 2.05) is 6.07 Å². The van der Waals surface area contributed by atoms with Crippen molar-refractivity contribution in [2.75, 3.05) is 38.3 Å². The van der Waals surface area contributed by atoms with Gasteiger partial charge in [0.15, 0.2) is 0 Å². The highest BCUT2D eigenvalue weighted by Gasteiger charge is 2.27. The number of methoxy groups -OCH3 is 1. The molecule has 118 valence electrons. The van der Waals surface area contributed by atoms with Crippen LogP contribution in [0.2, 0.25) is 5.02 Å². The number of anilines is 1. The Morgan fingerprint density at radius 2 is 2.19 bits per heavy atom. The molecule has 1 aromatic rings. The molecular formula is C17H27ClN2O. The fraction of sp³-hybridized carbons (Fsp3) is 0.647. The van der Waals surface area contributed by atoms with Crippen molar-refractivity contribution in [2.24, 2.45) is 5.41 Å². The molecule has 1 N–H and O–H groups in total. The number of hydrogen-bond acceptors (Lipinski definition) is 3. The lowest BCUT2D eigenvalue weighted by Gasteiger charge is -2.40. The quantitative estimate of drug-likeness (QED) is 0.811. The number of nitrogens with zero attached hydrogens (tertiary/aromatic N) is 1. The van der Waals surface area contributed by atoms with Crippen LogP contribution in [-0.4, -0.2) is 33.4 Å². The Morgan fingerprint density at radius 3 is 2.90 bits per heavy atom. The zero-order valence-corrected chi connectivity index (χ0v) is 14.2. The van der Waals surface area contributed by atoms with Gasteiger partial charge in [0.1, 0.15) is 0 Å². The molecule has 0 bridgehead atoms. The van der Waals surface area contributed by atoms with Crippen molar-refractivity contribution in [3.63, 3.8) is 0 Å². The van der Waals surface area contributed by atoms with Crippen LogP contribution in [0.15, 0.2) is 18.2 Å². The van der Waals surface area contributed by atoms with Gasteiger partial charge in [0.05, 0.1) is 6.61 Å². The first-order valence-corrected chi connectivity index (χ1v) is 8.13. The normalized spacial score (nSPS) is 18.0. The van der Waals surface area contributed by atoms with Crippen molar-refractivity contribution >= 4 is 17.3 Å². The largest absolute Gasteiger partial charge is 0.383 e. The number of piperidine rings is 1. The van der Waals surface area contributed by atoms with Crippen LogP contribution in [0.3, 0.4) is 0 Å². The molecule has 1 saturated heterocycles. The summed E-state index contributed by atoms with van der Waals surface area (Å²) in [6.45, 7) is 9.26. The van der Waals surface area contributed by atoms with Crippen LogP contribution in [0.25, 0.3) is 0 Å². The molecule has 0 aliphatic carbocycles. The van der Waals surface area contributed by atoms with Crippen LogP contribution in [0, 0.1) is 5.41 Å². The molecule has 1 fully saturated rings. The standard InChI is InChI=1S/C17H27ClN2O/c1-17(2)8-5-10-20(13-17)16-7-4-6-15(18)14(16)12-19-9-11-21-3/h4,6-7,19H,5,8-13H2,1-3H3. The van der Waals surface area contributed by atoms with Gasteiger partial charge in [-0.25, -0.2) is 0 Å². The van der Waals surface area contributed by atoms with Crippen LogP contribution in [0.4, 0.5) is 5.69 Å². The minimum atomic E-state index is 0.376. The maximum atomic E-state index is 6.43. The van der Waals surface area contributed by atoms with E-state index in [1.54, 1.807) is 7.11 Å². The Hall–Kier alpha value is -0.770. The van der Waals surface area contributed by atoms with Gasteiger partial charge >= 0.3 is 0 Å². The lowest BCUT2D eigenvalue weighted by atomic mass is 9.84. The van der Waals surface area contributed by atoms with Gasteiger partial charge in [0.25, 0.3) is 0 Å². The van der Waals surface area contributed by atoms with E-state index in [0.717, 1.165) is 37.8 Å². The van der Waals surface area contributed by atoms with E-state index in [0.29, 0.717) is 5.41 Å². The van der Waals surface area contributed by atoms with Crippen molar-refractivity contribution in [1.29, 1.82) is 0 Å². The van der Waals surface area contributed by atoms with E-state index in [-0.39, 0.29) is 0 Å². The molecule has 21 heavy (non-hydrogen) atoms. The highest BCUT2D eigenvalue weighted by Crippen LogP contribution is 2.35. The van der Waals surface area contributed by atoms with Crippen LogP contribution in [0.5, 0.6) is 0 Å². The third-order valence-corrected chi connectivity index (χ3v) is 4.47. The highest BCUT2D eigenvalue weighted by molar-refractivity contribution is 6.31. The summed E-state index contributed by atoms with van der Waals surface area (Å²) in [5, 5.41) is 4.26.